The van der Waals surface area contributed by atoms with Crippen molar-refractivity contribution in [2.75, 3.05) is 7.11 Å². The number of carbonyl (C=O) groups excluding carboxylic acids is 1. The Morgan fingerprint density at radius 1 is 0.966 bits per heavy atom. The SMILES string of the molecule is COc1ccccc1CN1C(=O)C(O)=C(c2ccccc2)[C@H]1c1ccc(Br)cc1. The fourth-order valence-corrected chi connectivity index (χ4v) is 4.00. The Morgan fingerprint density at radius 2 is 1.62 bits per heavy atom. The Bertz CT molecular complexity index is 1060. The number of benzene rings is 3. The lowest BCUT2D eigenvalue weighted by Crippen LogP contribution is -2.30. The summed E-state index contributed by atoms with van der Waals surface area (Å²) in [6.07, 6.45) is 0. The first-order valence-corrected chi connectivity index (χ1v) is 10.1. The highest BCUT2D eigenvalue weighted by molar-refractivity contribution is 9.10. The highest BCUT2D eigenvalue weighted by atomic mass is 79.9. The lowest BCUT2D eigenvalue weighted by Gasteiger charge is -2.28. The maximum atomic E-state index is 13.1. The average Bonchev–Trinajstić information content (AvgIpc) is 3.00. The second-order valence-electron chi connectivity index (χ2n) is 6.83. The van der Waals surface area contributed by atoms with Crippen LogP contribution in [0.4, 0.5) is 0 Å². The Labute approximate surface area is 178 Å². The van der Waals surface area contributed by atoms with Gasteiger partial charge in [0.05, 0.1) is 19.7 Å². The number of hydrogen-bond acceptors (Lipinski definition) is 3. The molecule has 1 N–H and O–H groups in total. The molecule has 0 radical (unpaired) electrons. The molecular formula is C24H20BrNO3. The summed E-state index contributed by atoms with van der Waals surface area (Å²) < 4.78 is 6.42. The van der Waals surface area contributed by atoms with Gasteiger partial charge in [-0.3, -0.25) is 4.79 Å². The van der Waals surface area contributed by atoms with Gasteiger partial charge < -0.3 is 14.7 Å². The van der Waals surface area contributed by atoms with Crippen molar-refractivity contribution in [2.45, 2.75) is 12.6 Å². The molecule has 0 aromatic heterocycles. The van der Waals surface area contributed by atoms with E-state index in [1.165, 1.54) is 0 Å². The quantitative estimate of drug-likeness (QED) is 0.558. The molecule has 5 heteroatoms. The molecule has 146 valence electrons. The van der Waals surface area contributed by atoms with Gasteiger partial charge >= 0.3 is 0 Å². The van der Waals surface area contributed by atoms with Crippen LogP contribution in [-0.4, -0.2) is 23.0 Å². The van der Waals surface area contributed by atoms with Crippen LogP contribution in [0.2, 0.25) is 0 Å². The molecule has 29 heavy (non-hydrogen) atoms. The summed E-state index contributed by atoms with van der Waals surface area (Å²) in [6, 6.07) is 24.6. The van der Waals surface area contributed by atoms with Crippen LogP contribution in [0, 0.1) is 0 Å². The Kier molecular flexibility index (Phi) is 5.41. The summed E-state index contributed by atoms with van der Waals surface area (Å²) in [5.74, 6) is 0.115. The van der Waals surface area contributed by atoms with Crippen molar-refractivity contribution in [3.8, 4) is 5.75 Å². The van der Waals surface area contributed by atoms with E-state index in [0.29, 0.717) is 17.9 Å². The van der Waals surface area contributed by atoms with Gasteiger partial charge in [0.1, 0.15) is 5.75 Å². The van der Waals surface area contributed by atoms with Gasteiger partial charge in [0, 0.05) is 15.6 Å². The Morgan fingerprint density at radius 3 is 2.31 bits per heavy atom. The van der Waals surface area contributed by atoms with Crippen LogP contribution in [0.15, 0.2) is 89.1 Å². The number of carbonyl (C=O) groups is 1. The molecule has 1 atom stereocenters. The topological polar surface area (TPSA) is 49.8 Å². The van der Waals surface area contributed by atoms with Crippen LogP contribution in [0.1, 0.15) is 22.7 Å². The molecule has 1 aliphatic heterocycles. The normalized spacial score (nSPS) is 16.4. The minimum absolute atomic E-state index is 0.209. The van der Waals surface area contributed by atoms with E-state index < -0.39 is 6.04 Å². The van der Waals surface area contributed by atoms with E-state index in [1.54, 1.807) is 12.0 Å². The van der Waals surface area contributed by atoms with Gasteiger partial charge in [-0.05, 0) is 29.3 Å². The summed E-state index contributed by atoms with van der Waals surface area (Å²) in [6.45, 7) is 0.323. The molecule has 3 aromatic rings. The first kappa shape index (κ1) is 19.3. The van der Waals surface area contributed by atoms with E-state index in [1.807, 2.05) is 78.9 Å². The third-order valence-corrected chi connectivity index (χ3v) is 5.64. The fourth-order valence-electron chi connectivity index (χ4n) is 3.74. The van der Waals surface area contributed by atoms with Gasteiger partial charge in [-0.2, -0.15) is 0 Å². The molecule has 3 aromatic carbocycles. The number of halogens is 1. The fraction of sp³-hybridized carbons (Fsp3) is 0.125. The van der Waals surface area contributed by atoms with Gasteiger partial charge in [0.2, 0.25) is 0 Å². The third kappa shape index (κ3) is 3.66. The number of amides is 1. The molecule has 1 aliphatic rings. The summed E-state index contributed by atoms with van der Waals surface area (Å²) in [5.41, 5.74) is 3.26. The minimum Gasteiger partial charge on any atom is -0.503 e. The number of hydrogen-bond donors (Lipinski definition) is 1. The molecule has 0 saturated heterocycles. The van der Waals surface area contributed by atoms with Crippen molar-refractivity contribution < 1.29 is 14.6 Å². The maximum absolute atomic E-state index is 13.1. The zero-order chi connectivity index (χ0) is 20.4. The van der Waals surface area contributed by atoms with E-state index in [9.17, 15) is 9.90 Å². The summed E-state index contributed by atoms with van der Waals surface area (Å²) in [7, 11) is 1.61. The van der Waals surface area contributed by atoms with E-state index >= 15 is 0 Å². The van der Waals surface area contributed by atoms with Crippen LogP contribution in [0.25, 0.3) is 5.57 Å². The third-order valence-electron chi connectivity index (χ3n) is 5.11. The van der Waals surface area contributed by atoms with Gasteiger partial charge in [-0.15, -0.1) is 0 Å². The standard InChI is InChI=1S/C24H20BrNO3/c1-29-20-10-6-5-9-18(20)15-26-22(17-11-13-19(25)14-12-17)21(23(27)24(26)28)16-7-3-2-4-8-16/h2-14,22,27H,15H2,1H3/t22-/m1/s1. The first-order chi connectivity index (χ1) is 14.1. The molecule has 4 nitrogen and oxygen atoms in total. The van der Waals surface area contributed by atoms with Gasteiger partial charge in [-0.1, -0.05) is 76.6 Å². The van der Waals surface area contributed by atoms with Crippen LogP contribution >= 0.6 is 15.9 Å². The van der Waals surface area contributed by atoms with Crippen molar-refractivity contribution in [1.29, 1.82) is 0 Å². The average molecular weight is 450 g/mol. The van der Waals surface area contributed by atoms with Gasteiger partial charge in [-0.25, -0.2) is 0 Å². The zero-order valence-corrected chi connectivity index (χ0v) is 17.5. The van der Waals surface area contributed by atoms with Crippen molar-refractivity contribution in [1.82, 2.24) is 4.90 Å². The molecule has 0 aliphatic carbocycles. The van der Waals surface area contributed by atoms with E-state index in [2.05, 4.69) is 15.9 Å². The predicted molar refractivity (Wildman–Crippen MR) is 116 cm³/mol. The van der Waals surface area contributed by atoms with Crippen LogP contribution in [0.3, 0.4) is 0 Å². The number of aliphatic hydroxyl groups excluding tert-OH is 1. The lowest BCUT2D eigenvalue weighted by molar-refractivity contribution is -0.130. The van der Waals surface area contributed by atoms with E-state index in [0.717, 1.165) is 21.2 Å². The van der Waals surface area contributed by atoms with Gasteiger partial charge in [0.15, 0.2) is 5.76 Å². The zero-order valence-electron chi connectivity index (χ0n) is 15.9. The molecule has 1 heterocycles. The van der Waals surface area contributed by atoms with Crippen molar-refractivity contribution >= 4 is 27.4 Å². The molecule has 0 saturated carbocycles. The Balaban J connectivity index is 1.82. The minimum atomic E-state index is -0.400. The number of ether oxygens (including phenoxy) is 1. The number of para-hydroxylation sites is 1. The highest BCUT2D eigenvalue weighted by Gasteiger charge is 2.41. The largest absolute Gasteiger partial charge is 0.503 e. The molecule has 0 fully saturated rings. The van der Waals surface area contributed by atoms with Crippen LogP contribution in [-0.2, 0) is 11.3 Å². The lowest BCUT2D eigenvalue weighted by atomic mass is 9.93. The Hall–Kier alpha value is -3.05. The monoisotopic (exact) mass is 449 g/mol. The summed E-state index contributed by atoms with van der Waals surface area (Å²) in [4.78, 5) is 14.8. The second kappa shape index (κ2) is 8.13. The highest BCUT2D eigenvalue weighted by Crippen LogP contribution is 2.44. The second-order valence-corrected chi connectivity index (χ2v) is 7.74. The smallest absolute Gasteiger partial charge is 0.290 e. The first-order valence-electron chi connectivity index (χ1n) is 9.27. The number of nitrogens with zero attached hydrogens (tertiary/aromatic N) is 1. The molecule has 4 rings (SSSR count). The number of methoxy groups -OCH3 is 1. The molecule has 0 spiro atoms. The van der Waals surface area contributed by atoms with Crippen LogP contribution < -0.4 is 4.74 Å². The summed E-state index contributed by atoms with van der Waals surface area (Å²) in [5, 5.41) is 10.8. The van der Waals surface area contributed by atoms with E-state index in [-0.39, 0.29) is 11.7 Å². The molecule has 0 unspecified atom stereocenters. The van der Waals surface area contributed by atoms with E-state index in [4.69, 9.17) is 4.74 Å². The van der Waals surface area contributed by atoms with Crippen LogP contribution in [0.5, 0.6) is 5.75 Å². The number of rotatable bonds is 5. The molecular weight excluding hydrogens is 430 g/mol. The molecule has 1 amide bonds. The van der Waals surface area contributed by atoms with Gasteiger partial charge in [0.25, 0.3) is 5.91 Å². The maximum Gasteiger partial charge on any atom is 0.290 e. The summed E-state index contributed by atoms with van der Waals surface area (Å²) >= 11 is 3.47. The van der Waals surface area contributed by atoms with Crippen molar-refractivity contribution in [3.05, 3.63) is 106 Å². The predicted octanol–water partition coefficient (Wildman–Crippen LogP) is 5.51. The van der Waals surface area contributed by atoms with Crippen molar-refractivity contribution in [3.63, 3.8) is 0 Å². The molecule has 0 bridgehead atoms. The number of aliphatic hydroxyl groups is 1. The van der Waals surface area contributed by atoms with Crippen molar-refractivity contribution in [2.24, 2.45) is 0 Å².